The van der Waals surface area contributed by atoms with E-state index in [1.807, 2.05) is 56.3 Å². The lowest BCUT2D eigenvalue weighted by Gasteiger charge is -2.21. The van der Waals surface area contributed by atoms with Crippen LogP contribution in [0.5, 0.6) is 0 Å². The van der Waals surface area contributed by atoms with Crippen LogP contribution in [0, 0.1) is 13.8 Å². The van der Waals surface area contributed by atoms with Crippen molar-refractivity contribution in [1.29, 1.82) is 0 Å². The quantitative estimate of drug-likeness (QED) is 0.811. The molecule has 1 fully saturated rings. The molecular formula is C19H18N4O2. The summed E-state index contributed by atoms with van der Waals surface area (Å²) in [6.07, 6.45) is 0. The van der Waals surface area contributed by atoms with E-state index in [1.54, 1.807) is 11.1 Å². The lowest BCUT2D eigenvalue weighted by molar-refractivity contribution is -0.123. The minimum atomic E-state index is -0.752. The molecule has 2 aromatic carbocycles. The highest BCUT2D eigenvalue weighted by atomic mass is 16.2. The van der Waals surface area contributed by atoms with Gasteiger partial charge in [0, 0.05) is 0 Å². The molecule has 2 aliphatic rings. The van der Waals surface area contributed by atoms with E-state index in [2.05, 4.69) is 10.3 Å². The second-order valence-corrected chi connectivity index (χ2v) is 6.46. The van der Waals surface area contributed by atoms with E-state index in [1.165, 1.54) is 4.90 Å². The van der Waals surface area contributed by atoms with Crippen molar-refractivity contribution < 1.29 is 9.59 Å². The Hall–Kier alpha value is -3.02. The van der Waals surface area contributed by atoms with E-state index in [9.17, 15) is 9.59 Å². The van der Waals surface area contributed by atoms with Crippen molar-refractivity contribution >= 4 is 17.5 Å². The Bertz CT molecular complexity index is 878. The SMILES string of the molecule is Cc1ccc(N2C(=O)C3N=NN(Cc4ccccc4)C3C2=O)cc1C. The van der Waals surface area contributed by atoms with Gasteiger partial charge < -0.3 is 0 Å². The highest BCUT2D eigenvalue weighted by Gasteiger charge is 2.54. The number of carbonyl (C=O) groups excluding carboxylic acids is 2. The molecule has 2 amide bonds. The third-order valence-electron chi connectivity index (χ3n) is 4.79. The highest BCUT2D eigenvalue weighted by molar-refractivity contribution is 6.25. The number of benzene rings is 2. The van der Waals surface area contributed by atoms with Crippen LogP contribution in [-0.2, 0) is 16.1 Å². The van der Waals surface area contributed by atoms with Crippen LogP contribution in [0.3, 0.4) is 0 Å². The van der Waals surface area contributed by atoms with Crippen molar-refractivity contribution in [3.05, 3.63) is 65.2 Å². The van der Waals surface area contributed by atoms with Gasteiger partial charge in [-0.2, -0.15) is 5.11 Å². The molecule has 0 radical (unpaired) electrons. The largest absolute Gasteiger partial charge is 0.271 e. The summed E-state index contributed by atoms with van der Waals surface area (Å²) in [5, 5.41) is 9.74. The van der Waals surface area contributed by atoms with Gasteiger partial charge in [-0.1, -0.05) is 41.6 Å². The fourth-order valence-corrected chi connectivity index (χ4v) is 3.24. The van der Waals surface area contributed by atoms with Crippen LogP contribution >= 0.6 is 0 Å². The minimum Gasteiger partial charge on any atom is -0.271 e. The van der Waals surface area contributed by atoms with Crippen molar-refractivity contribution in [3.63, 3.8) is 0 Å². The second-order valence-electron chi connectivity index (χ2n) is 6.46. The Kier molecular flexibility index (Phi) is 3.60. The zero-order valence-electron chi connectivity index (χ0n) is 14.1. The van der Waals surface area contributed by atoms with Crippen LogP contribution < -0.4 is 4.90 Å². The van der Waals surface area contributed by atoms with Crippen LogP contribution in [0.4, 0.5) is 5.69 Å². The van der Waals surface area contributed by atoms with Crippen molar-refractivity contribution in [3.8, 4) is 0 Å². The number of hydrogen-bond donors (Lipinski definition) is 0. The van der Waals surface area contributed by atoms with Crippen molar-refractivity contribution in [1.82, 2.24) is 5.01 Å². The monoisotopic (exact) mass is 334 g/mol. The molecule has 2 atom stereocenters. The third-order valence-corrected chi connectivity index (χ3v) is 4.79. The van der Waals surface area contributed by atoms with Crippen LogP contribution in [0.2, 0.25) is 0 Å². The number of amides is 2. The number of carbonyl (C=O) groups is 2. The van der Waals surface area contributed by atoms with Gasteiger partial charge in [0.25, 0.3) is 11.8 Å². The molecule has 2 aromatic rings. The fourth-order valence-electron chi connectivity index (χ4n) is 3.24. The zero-order chi connectivity index (χ0) is 17.6. The number of nitrogens with zero attached hydrogens (tertiary/aromatic N) is 4. The molecule has 6 nitrogen and oxygen atoms in total. The maximum Gasteiger partial charge on any atom is 0.263 e. The summed E-state index contributed by atoms with van der Waals surface area (Å²) in [6.45, 7) is 4.41. The standard InChI is InChI=1S/C19H18N4O2/c1-12-8-9-15(10-13(12)2)23-18(24)16-17(19(23)25)22(21-20-16)11-14-6-4-3-5-7-14/h3-10,16-17H,11H2,1-2H3. The predicted octanol–water partition coefficient (Wildman–Crippen LogP) is 2.80. The van der Waals surface area contributed by atoms with Crippen LogP contribution in [-0.4, -0.2) is 28.9 Å². The van der Waals surface area contributed by atoms with E-state index >= 15 is 0 Å². The number of rotatable bonds is 3. The number of imide groups is 1. The van der Waals surface area contributed by atoms with Crippen LogP contribution in [0.15, 0.2) is 58.9 Å². The lowest BCUT2D eigenvalue weighted by atomic mass is 10.1. The molecular weight excluding hydrogens is 316 g/mol. The molecule has 126 valence electrons. The average Bonchev–Trinajstić information content (AvgIpc) is 3.12. The molecule has 0 aromatic heterocycles. The number of fused-ring (bicyclic) bond motifs is 1. The van der Waals surface area contributed by atoms with Gasteiger partial charge in [-0.3, -0.25) is 14.6 Å². The summed E-state index contributed by atoms with van der Waals surface area (Å²) in [5.74, 6) is -0.572. The molecule has 0 bridgehead atoms. The first-order valence-electron chi connectivity index (χ1n) is 8.22. The molecule has 0 saturated carbocycles. The summed E-state index contributed by atoms with van der Waals surface area (Å²) < 4.78 is 0. The first-order chi connectivity index (χ1) is 12.1. The number of aryl methyl sites for hydroxylation is 2. The molecule has 0 N–H and O–H groups in total. The van der Waals surface area contributed by atoms with Crippen molar-refractivity contribution in [2.24, 2.45) is 10.3 Å². The zero-order valence-corrected chi connectivity index (χ0v) is 14.1. The van der Waals surface area contributed by atoms with Gasteiger partial charge >= 0.3 is 0 Å². The van der Waals surface area contributed by atoms with E-state index in [0.29, 0.717) is 12.2 Å². The molecule has 6 heteroatoms. The number of anilines is 1. The van der Waals surface area contributed by atoms with Gasteiger partial charge in [0.15, 0.2) is 12.1 Å². The van der Waals surface area contributed by atoms with Crippen LogP contribution in [0.25, 0.3) is 0 Å². The average molecular weight is 334 g/mol. The van der Waals surface area contributed by atoms with Crippen LogP contribution in [0.1, 0.15) is 16.7 Å². The highest BCUT2D eigenvalue weighted by Crippen LogP contribution is 2.33. The minimum absolute atomic E-state index is 0.265. The lowest BCUT2D eigenvalue weighted by Crippen LogP contribution is -2.39. The molecule has 4 rings (SSSR count). The third kappa shape index (κ3) is 2.50. The van der Waals surface area contributed by atoms with Crippen molar-refractivity contribution in [2.75, 3.05) is 4.90 Å². The van der Waals surface area contributed by atoms with E-state index in [-0.39, 0.29) is 11.8 Å². The summed E-state index contributed by atoms with van der Waals surface area (Å²) in [7, 11) is 0. The Labute approximate surface area is 145 Å². The Morgan fingerprint density at radius 2 is 1.72 bits per heavy atom. The van der Waals surface area contributed by atoms with Gasteiger partial charge in [-0.25, -0.2) is 4.90 Å². The summed E-state index contributed by atoms with van der Waals surface area (Å²) >= 11 is 0. The van der Waals surface area contributed by atoms with Crippen molar-refractivity contribution in [2.45, 2.75) is 32.5 Å². The molecule has 2 unspecified atom stereocenters. The van der Waals surface area contributed by atoms with Gasteiger partial charge in [-0.05, 0) is 42.7 Å². The molecule has 0 spiro atoms. The molecule has 2 heterocycles. The van der Waals surface area contributed by atoms with E-state index in [4.69, 9.17) is 0 Å². The first kappa shape index (κ1) is 15.5. The summed E-state index contributed by atoms with van der Waals surface area (Å²) in [4.78, 5) is 26.9. The number of hydrogen-bond acceptors (Lipinski definition) is 5. The summed E-state index contributed by atoms with van der Waals surface area (Å²) in [6, 6.07) is 13.9. The first-order valence-corrected chi connectivity index (χ1v) is 8.22. The second kappa shape index (κ2) is 5.81. The predicted molar refractivity (Wildman–Crippen MR) is 92.8 cm³/mol. The smallest absolute Gasteiger partial charge is 0.263 e. The molecule has 0 aliphatic carbocycles. The fraction of sp³-hybridized carbons (Fsp3) is 0.263. The Morgan fingerprint density at radius 1 is 0.960 bits per heavy atom. The molecule has 1 saturated heterocycles. The van der Waals surface area contributed by atoms with Gasteiger partial charge in [0.05, 0.1) is 12.2 Å². The maximum absolute atomic E-state index is 12.9. The Balaban J connectivity index is 1.62. The topological polar surface area (TPSA) is 65.3 Å². The van der Waals surface area contributed by atoms with Gasteiger partial charge in [0.2, 0.25) is 0 Å². The Morgan fingerprint density at radius 3 is 2.44 bits per heavy atom. The van der Waals surface area contributed by atoms with E-state index < -0.39 is 12.1 Å². The summed E-state index contributed by atoms with van der Waals surface area (Å²) in [5.41, 5.74) is 3.78. The van der Waals surface area contributed by atoms with Gasteiger partial charge in [0.1, 0.15) is 0 Å². The van der Waals surface area contributed by atoms with E-state index in [0.717, 1.165) is 16.7 Å². The normalized spacial score (nSPS) is 22.0. The van der Waals surface area contributed by atoms with Gasteiger partial charge in [-0.15, -0.1) is 0 Å². The molecule has 25 heavy (non-hydrogen) atoms. The maximum atomic E-state index is 12.9. The molecule has 2 aliphatic heterocycles.